The van der Waals surface area contributed by atoms with Gasteiger partial charge in [0.1, 0.15) is 9.84 Å². The Balaban J connectivity index is 2.83. The molecule has 0 saturated heterocycles. The summed E-state index contributed by atoms with van der Waals surface area (Å²) in [6.07, 6.45) is 1.17. The van der Waals surface area contributed by atoms with Gasteiger partial charge in [0, 0.05) is 30.1 Å². The van der Waals surface area contributed by atoms with Crippen molar-refractivity contribution >= 4 is 21.2 Å². The molecule has 18 heavy (non-hydrogen) atoms. The SMILES string of the molecule is Cc1cc([N+](=O)[O-])ccc1NC(C)CS(C)(=O)=O. The molecule has 0 amide bonds. The lowest BCUT2D eigenvalue weighted by atomic mass is 10.1. The zero-order valence-corrected chi connectivity index (χ0v) is 11.3. The second kappa shape index (κ2) is 5.34. The summed E-state index contributed by atoms with van der Waals surface area (Å²) in [5, 5.41) is 13.6. The lowest BCUT2D eigenvalue weighted by Crippen LogP contribution is -2.25. The van der Waals surface area contributed by atoms with Crippen molar-refractivity contribution in [3.63, 3.8) is 0 Å². The molecule has 0 aromatic heterocycles. The molecule has 6 nitrogen and oxygen atoms in total. The van der Waals surface area contributed by atoms with Crippen LogP contribution in [0.5, 0.6) is 0 Å². The van der Waals surface area contributed by atoms with Gasteiger partial charge in [-0.05, 0) is 25.5 Å². The van der Waals surface area contributed by atoms with Crippen LogP contribution in [-0.4, -0.2) is 31.4 Å². The van der Waals surface area contributed by atoms with Gasteiger partial charge in [-0.25, -0.2) is 8.42 Å². The number of nitrogens with one attached hydrogen (secondary N) is 1. The fourth-order valence-corrected chi connectivity index (χ4v) is 2.68. The van der Waals surface area contributed by atoms with Crippen molar-refractivity contribution in [3.8, 4) is 0 Å². The number of hydrogen-bond donors (Lipinski definition) is 1. The van der Waals surface area contributed by atoms with E-state index in [1.807, 2.05) is 0 Å². The molecule has 0 aliphatic carbocycles. The summed E-state index contributed by atoms with van der Waals surface area (Å²) in [4.78, 5) is 10.1. The van der Waals surface area contributed by atoms with E-state index in [-0.39, 0.29) is 17.5 Å². The highest BCUT2D eigenvalue weighted by atomic mass is 32.2. The Morgan fingerprint density at radius 2 is 2.06 bits per heavy atom. The number of rotatable bonds is 5. The van der Waals surface area contributed by atoms with Gasteiger partial charge in [-0.3, -0.25) is 10.1 Å². The molecule has 0 saturated carbocycles. The number of anilines is 1. The van der Waals surface area contributed by atoms with E-state index >= 15 is 0 Å². The van der Waals surface area contributed by atoms with E-state index in [0.717, 1.165) is 0 Å². The van der Waals surface area contributed by atoms with E-state index in [0.29, 0.717) is 11.3 Å². The number of hydrogen-bond acceptors (Lipinski definition) is 5. The van der Waals surface area contributed by atoms with Crippen LogP contribution in [0.3, 0.4) is 0 Å². The largest absolute Gasteiger partial charge is 0.381 e. The smallest absolute Gasteiger partial charge is 0.269 e. The summed E-state index contributed by atoms with van der Waals surface area (Å²) in [7, 11) is -3.05. The first-order chi connectivity index (χ1) is 8.19. The van der Waals surface area contributed by atoms with E-state index in [9.17, 15) is 18.5 Å². The van der Waals surface area contributed by atoms with Gasteiger partial charge in [0.2, 0.25) is 0 Å². The molecular formula is C11H16N2O4S. The maximum absolute atomic E-state index is 11.1. The molecule has 1 aromatic rings. The van der Waals surface area contributed by atoms with Crippen molar-refractivity contribution in [2.24, 2.45) is 0 Å². The molecule has 1 aromatic carbocycles. The minimum atomic E-state index is -3.05. The summed E-state index contributed by atoms with van der Waals surface area (Å²) in [6, 6.07) is 4.18. The quantitative estimate of drug-likeness (QED) is 0.651. The topological polar surface area (TPSA) is 89.3 Å². The van der Waals surface area contributed by atoms with Crippen LogP contribution in [0.2, 0.25) is 0 Å². The van der Waals surface area contributed by atoms with Crippen molar-refractivity contribution in [2.45, 2.75) is 19.9 Å². The first-order valence-electron chi connectivity index (χ1n) is 5.38. The molecule has 0 bridgehead atoms. The summed E-state index contributed by atoms with van der Waals surface area (Å²) >= 11 is 0. The molecule has 1 N–H and O–H groups in total. The Labute approximate surface area is 106 Å². The highest BCUT2D eigenvalue weighted by Gasteiger charge is 2.13. The van der Waals surface area contributed by atoms with E-state index in [4.69, 9.17) is 0 Å². The number of aryl methyl sites for hydroxylation is 1. The van der Waals surface area contributed by atoms with Crippen LogP contribution in [0.25, 0.3) is 0 Å². The van der Waals surface area contributed by atoms with Crippen molar-refractivity contribution in [1.82, 2.24) is 0 Å². The first kappa shape index (κ1) is 14.4. The van der Waals surface area contributed by atoms with Gasteiger partial charge in [0.15, 0.2) is 0 Å². The summed E-state index contributed by atoms with van der Waals surface area (Å²) < 4.78 is 22.3. The highest BCUT2D eigenvalue weighted by molar-refractivity contribution is 7.90. The Morgan fingerprint density at radius 1 is 1.44 bits per heavy atom. The molecule has 0 radical (unpaired) electrons. The third-order valence-corrected chi connectivity index (χ3v) is 3.48. The van der Waals surface area contributed by atoms with E-state index in [2.05, 4.69) is 5.32 Å². The van der Waals surface area contributed by atoms with Crippen LogP contribution in [0, 0.1) is 17.0 Å². The standard InChI is InChI=1S/C11H16N2O4S/c1-8-6-10(13(14)15)4-5-11(8)12-9(2)7-18(3,16)17/h4-6,9,12H,7H2,1-3H3. The van der Waals surface area contributed by atoms with E-state index in [1.165, 1.54) is 18.4 Å². The van der Waals surface area contributed by atoms with E-state index in [1.54, 1.807) is 19.9 Å². The Hall–Kier alpha value is -1.63. The highest BCUT2D eigenvalue weighted by Crippen LogP contribution is 2.21. The minimum absolute atomic E-state index is 0.0173. The number of non-ortho nitro benzene ring substituents is 1. The molecule has 1 atom stereocenters. The van der Waals surface area contributed by atoms with E-state index < -0.39 is 14.8 Å². The second-order valence-corrected chi connectivity index (χ2v) is 6.58. The molecular weight excluding hydrogens is 256 g/mol. The van der Waals surface area contributed by atoms with Crippen LogP contribution >= 0.6 is 0 Å². The Morgan fingerprint density at radius 3 is 2.50 bits per heavy atom. The molecule has 0 spiro atoms. The van der Waals surface area contributed by atoms with Crippen LogP contribution in [0.4, 0.5) is 11.4 Å². The van der Waals surface area contributed by atoms with Gasteiger partial charge in [0.05, 0.1) is 10.7 Å². The van der Waals surface area contributed by atoms with Crippen LogP contribution in [0.1, 0.15) is 12.5 Å². The average molecular weight is 272 g/mol. The number of nitrogens with zero attached hydrogens (tertiary/aromatic N) is 1. The molecule has 1 rings (SSSR count). The number of benzene rings is 1. The normalized spacial score (nSPS) is 13.1. The monoisotopic (exact) mass is 272 g/mol. The zero-order chi connectivity index (χ0) is 13.9. The van der Waals surface area contributed by atoms with Gasteiger partial charge in [0.25, 0.3) is 5.69 Å². The molecule has 0 aliphatic heterocycles. The first-order valence-corrected chi connectivity index (χ1v) is 7.44. The van der Waals surface area contributed by atoms with Gasteiger partial charge < -0.3 is 5.32 Å². The third-order valence-electron chi connectivity index (χ3n) is 2.38. The second-order valence-electron chi connectivity index (χ2n) is 4.39. The number of nitro groups is 1. The van der Waals surface area contributed by atoms with Crippen molar-refractivity contribution in [3.05, 3.63) is 33.9 Å². The average Bonchev–Trinajstić information content (AvgIpc) is 2.17. The predicted octanol–water partition coefficient (Wildman–Crippen LogP) is 1.75. The molecule has 0 heterocycles. The van der Waals surface area contributed by atoms with Crippen LogP contribution in [0.15, 0.2) is 18.2 Å². The van der Waals surface area contributed by atoms with Crippen molar-refractivity contribution < 1.29 is 13.3 Å². The summed E-state index contributed by atoms with van der Waals surface area (Å²) in [6.45, 7) is 3.49. The predicted molar refractivity (Wildman–Crippen MR) is 70.6 cm³/mol. The molecule has 1 unspecified atom stereocenters. The summed E-state index contributed by atoms with van der Waals surface area (Å²) in [5.41, 5.74) is 1.44. The lowest BCUT2D eigenvalue weighted by molar-refractivity contribution is -0.384. The summed E-state index contributed by atoms with van der Waals surface area (Å²) in [5.74, 6) is 0.0173. The number of nitro benzene ring substituents is 1. The third kappa shape index (κ3) is 4.33. The van der Waals surface area contributed by atoms with Gasteiger partial charge >= 0.3 is 0 Å². The van der Waals surface area contributed by atoms with Crippen LogP contribution in [-0.2, 0) is 9.84 Å². The molecule has 7 heteroatoms. The van der Waals surface area contributed by atoms with Gasteiger partial charge in [-0.15, -0.1) is 0 Å². The molecule has 0 fully saturated rings. The minimum Gasteiger partial charge on any atom is -0.381 e. The fourth-order valence-electron chi connectivity index (χ4n) is 1.68. The Kier molecular flexibility index (Phi) is 4.28. The molecule has 0 aliphatic rings. The van der Waals surface area contributed by atoms with Gasteiger partial charge in [-0.1, -0.05) is 0 Å². The van der Waals surface area contributed by atoms with Crippen molar-refractivity contribution in [2.75, 3.05) is 17.3 Å². The zero-order valence-electron chi connectivity index (χ0n) is 10.5. The fraction of sp³-hybridized carbons (Fsp3) is 0.455. The maximum Gasteiger partial charge on any atom is 0.269 e. The van der Waals surface area contributed by atoms with Gasteiger partial charge in [-0.2, -0.15) is 0 Å². The van der Waals surface area contributed by atoms with Crippen LogP contribution < -0.4 is 5.32 Å². The Bertz CT molecular complexity index is 554. The number of sulfone groups is 1. The lowest BCUT2D eigenvalue weighted by Gasteiger charge is -2.15. The van der Waals surface area contributed by atoms with Crippen molar-refractivity contribution in [1.29, 1.82) is 0 Å². The maximum atomic E-state index is 11.1. The molecule has 100 valence electrons.